The fourth-order valence-corrected chi connectivity index (χ4v) is 1.83. The summed E-state index contributed by atoms with van der Waals surface area (Å²) >= 11 is 0. The van der Waals surface area contributed by atoms with Crippen LogP contribution in [0, 0.1) is 0 Å². The average molecular weight is 258 g/mol. The third-order valence-electron chi connectivity index (χ3n) is 2.72. The maximum atomic E-state index is 5.65. The minimum Gasteiger partial charge on any atom is -0.369 e. The monoisotopic (exact) mass is 258 g/mol. The minimum absolute atomic E-state index is 0.0558. The quantitative estimate of drug-likeness (QED) is 0.837. The minimum atomic E-state index is -0.0558. The third-order valence-corrected chi connectivity index (χ3v) is 2.72. The van der Waals surface area contributed by atoms with Crippen molar-refractivity contribution in [1.29, 1.82) is 0 Å². The van der Waals surface area contributed by atoms with Gasteiger partial charge in [-0.05, 0) is 6.07 Å². The van der Waals surface area contributed by atoms with Crippen molar-refractivity contribution in [2.45, 2.75) is 6.10 Å². The van der Waals surface area contributed by atoms with Crippen LogP contribution < -0.4 is 10.6 Å². The number of hydrogen-bond acceptors (Lipinski definition) is 7. The standard InChI is InChI=1S/C12H14N6O/c1-2-15-12(16-3-1)18-11-8-14-6-9(17-11)10-7-13-4-5-19-10/h1-3,6,8,10,13H,4-5,7H2,(H,15,16,17,18)/t10-/m0/s1. The maximum Gasteiger partial charge on any atom is 0.228 e. The molecule has 2 aromatic heterocycles. The van der Waals surface area contributed by atoms with E-state index in [0.717, 1.165) is 18.8 Å². The molecule has 3 heterocycles. The molecule has 1 aliphatic heterocycles. The van der Waals surface area contributed by atoms with Crippen molar-refractivity contribution < 1.29 is 4.74 Å². The van der Waals surface area contributed by atoms with Gasteiger partial charge in [0.25, 0.3) is 0 Å². The molecule has 2 N–H and O–H groups in total. The molecule has 0 radical (unpaired) electrons. The molecule has 7 heteroatoms. The van der Waals surface area contributed by atoms with Crippen LogP contribution >= 0.6 is 0 Å². The van der Waals surface area contributed by atoms with Crippen molar-refractivity contribution in [3.63, 3.8) is 0 Å². The van der Waals surface area contributed by atoms with Gasteiger partial charge in [0.05, 0.1) is 24.7 Å². The summed E-state index contributed by atoms with van der Waals surface area (Å²) in [6.07, 6.45) is 6.63. The first-order chi connectivity index (χ1) is 9.42. The molecule has 1 fully saturated rings. The highest BCUT2D eigenvalue weighted by Crippen LogP contribution is 2.17. The summed E-state index contributed by atoms with van der Waals surface area (Å²) < 4.78 is 5.65. The summed E-state index contributed by atoms with van der Waals surface area (Å²) in [5.74, 6) is 1.11. The van der Waals surface area contributed by atoms with E-state index >= 15 is 0 Å². The summed E-state index contributed by atoms with van der Waals surface area (Å²) in [7, 11) is 0. The zero-order chi connectivity index (χ0) is 12.9. The SMILES string of the molecule is c1cnc(Nc2cncc([C@@H]3CNCCO3)n2)nc1. The molecule has 3 rings (SSSR count). The molecule has 0 unspecified atom stereocenters. The summed E-state index contributed by atoms with van der Waals surface area (Å²) in [6.45, 7) is 2.31. The average Bonchev–Trinajstić information content (AvgIpc) is 2.49. The van der Waals surface area contributed by atoms with E-state index in [-0.39, 0.29) is 6.10 Å². The lowest BCUT2D eigenvalue weighted by molar-refractivity contribution is 0.0249. The van der Waals surface area contributed by atoms with E-state index in [0.29, 0.717) is 18.4 Å². The van der Waals surface area contributed by atoms with Crippen molar-refractivity contribution in [2.75, 3.05) is 25.0 Å². The zero-order valence-corrected chi connectivity index (χ0v) is 10.3. The van der Waals surface area contributed by atoms with Crippen molar-refractivity contribution in [3.05, 3.63) is 36.5 Å². The number of nitrogens with zero attached hydrogens (tertiary/aromatic N) is 4. The molecular formula is C12H14N6O. The van der Waals surface area contributed by atoms with Gasteiger partial charge >= 0.3 is 0 Å². The molecule has 1 atom stereocenters. The second-order valence-corrected chi connectivity index (χ2v) is 4.09. The van der Waals surface area contributed by atoms with Crippen LogP contribution in [0.1, 0.15) is 11.8 Å². The predicted octanol–water partition coefficient (Wildman–Crippen LogP) is 0.671. The van der Waals surface area contributed by atoms with E-state index in [1.165, 1.54) is 0 Å². The van der Waals surface area contributed by atoms with Crippen molar-refractivity contribution in [2.24, 2.45) is 0 Å². The Hall–Kier alpha value is -2.12. The maximum absolute atomic E-state index is 5.65. The molecule has 98 valence electrons. The second-order valence-electron chi connectivity index (χ2n) is 4.09. The number of aromatic nitrogens is 4. The smallest absolute Gasteiger partial charge is 0.228 e. The number of ether oxygens (including phenoxy) is 1. The van der Waals surface area contributed by atoms with Crippen molar-refractivity contribution in [1.82, 2.24) is 25.3 Å². The molecule has 1 saturated heterocycles. The lowest BCUT2D eigenvalue weighted by atomic mass is 10.2. The summed E-state index contributed by atoms with van der Waals surface area (Å²) in [6, 6.07) is 1.76. The van der Waals surface area contributed by atoms with Crippen LogP contribution in [0.5, 0.6) is 0 Å². The van der Waals surface area contributed by atoms with Gasteiger partial charge < -0.3 is 15.4 Å². The number of morpholine rings is 1. The second kappa shape index (κ2) is 5.68. The van der Waals surface area contributed by atoms with Crippen LogP contribution in [0.25, 0.3) is 0 Å². The third kappa shape index (κ3) is 3.01. The molecule has 0 aliphatic carbocycles. The Balaban J connectivity index is 1.76. The molecule has 0 amide bonds. The molecule has 1 aliphatic rings. The first-order valence-electron chi connectivity index (χ1n) is 6.10. The van der Waals surface area contributed by atoms with Gasteiger partial charge in [0.2, 0.25) is 5.95 Å². The molecule has 0 spiro atoms. The largest absolute Gasteiger partial charge is 0.369 e. The molecule has 0 bridgehead atoms. The Labute approximate surface area is 110 Å². The predicted molar refractivity (Wildman–Crippen MR) is 68.9 cm³/mol. The van der Waals surface area contributed by atoms with Gasteiger partial charge in [0.1, 0.15) is 6.10 Å². The molecular weight excluding hydrogens is 244 g/mol. The van der Waals surface area contributed by atoms with Gasteiger partial charge in [-0.2, -0.15) is 0 Å². The summed E-state index contributed by atoms with van der Waals surface area (Å²) in [5, 5.41) is 6.28. The Kier molecular flexibility index (Phi) is 3.57. The molecule has 19 heavy (non-hydrogen) atoms. The van der Waals surface area contributed by atoms with E-state index in [1.54, 1.807) is 30.9 Å². The van der Waals surface area contributed by atoms with Crippen LogP contribution in [0.15, 0.2) is 30.9 Å². The number of anilines is 2. The fourth-order valence-electron chi connectivity index (χ4n) is 1.83. The Bertz CT molecular complexity index is 529. The van der Waals surface area contributed by atoms with E-state index in [4.69, 9.17) is 4.74 Å². The first-order valence-corrected chi connectivity index (χ1v) is 6.10. The zero-order valence-electron chi connectivity index (χ0n) is 10.3. The highest BCUT2D eigenvalue weighted by Gasteiger charge is 2.17. The summed E-state index contributed by atoms with van der Waals surface area (Å²) in [4.78, 5) is 16.8. The lowest BCUT2D eigenvalue weighted by Gasteiger charge is -2.23. The Morgan fingerprint density at radius 2 is 2.16 bits per heavy atom. The van der Waals surface area contributed by atoms with Crippen LogP contribution in [-0.2, 0) is 4.74 Å². The first kappa shape index (κ1) is 11.9. The van der Waals surface area contributed by atoms with E-state index in [1.807, 2.05) is 0 Å². The Morgan fingerprint density at radius 3 is 2.95 bits per heavy atom. The van der Waals surface area contributed by atoms with Crippen LogP contribution in [0.2, 0.25) is 0 Å². The van der Waals surface area contributed by atoms with Gasteiger partial charge in [-0.15, -0.1) is 0 Å². The number of hydrogen-bond donors (Lipinski definition) is 2. The topological polar surface area (TPSA) is 84.9 Å². The molecule has 0 aromatic carbocycles. The van der Waals surface area contributed by atoms with Crippen LogP contribution in [0.4, 0.5) is 11.8 Å². The highest BCUT2D eigenvalue weighted by atomic mass is 16.5. The van der Waals surface area contributed by atoms with E-state index in [2.05, 4.69) is 30.6 Å². The van der Waals surface area contributed by atoms with Crippen molar-refractivity contribution in [3.8, 4) is 0 Å². The van der Waals surface area contributed by atoms with Gasteiger partial charge in [0.15, 0.2) is 5.82 Å². The van der Waals surface area contributed by atoms with Gasteiger partial charge in [-0.1, -0.05) is 0 Å². The van der Waals surface area contributed by atoms with Gasteiger partial charge in [0, 0.05) is 25.5 Å². The number of rotatable bonds is 3. The highest BCUT2D eigenvalue weighted by molar-refractivity contribution is 5.45. The fraction of sp³-hybridized carbons (Fsp3) is 0.333. The molecule has 7 nitrogen and oxygen atoms in total. The normalized spacial score (nSPS) is 19.1. The Morgan fingerprint density at radius 1 is 1.26 bits per heavy atom. The molecule has 0 saturated carbocycles. The van der Waals surface area contributed by atoms with Crippen molar-refractivity contribution >= 4 is 11.8 Å². The summed E-state index contributed by atoms with van der Waals surface area (Å²) in [5.41, 5.74) is 0.799. The van der Waals surface area contributed by atoms with E-state index < -0.39 is 0 Å². The van der Waals surface area contributed by atoms with Gasteiger partial charge in [-0.25, -0.2) is 15.0 Å². The van der Waals surface area contributed by atoms with Crippen LogP contribution in [-0.4, -0.2) is 39.6 Å². The lowest BCUT2D eigenvalue weighted by Crippen LogP contribution is -2.33. The van der Waals surface area contributed by atoms with Gasteiger partial charge in [-0.3, -0.25) is 4.98 Å². The molecule has 2 aromatic rings. The van der Waals surface area contributed by atoms with E-state index in [9.17, 15) is 0 Å². The van der Waals surface area contributed by atoms with Crippen LogP contribution in [0.3, 0.4) is 0 Å². The number of nitrogens with one attached hydrogen (secondary N) is 2.